The Balaban J connectivity index is 1.42. The number of hydrogen-bond donors (Lipinski definition) is 0. The van der Waals surface area contributed by atoms with Crippen molar-refractivity contribution in [1.82, 2.24) is 14.8 Å². The van der Waals surface area contributed by atoms with E-state index in [1.54, 1.807) is 22.7 Å². The van der Waals surface area contributed by atoms with E-state index in [-0.39, 0.29) is 6.03 Å². The molecule has 0 radical (unpaired) electrons. The van der Waals surface area contributed by atoms with Gasteiger partial charge in [0.05, 0.1) is 10.4 Å². The van der Waals surface area contributed by atoms with Crippen LogP contribution in [-0.2, 0) is 0 Å². The van der Waals surface area contributed by atoms with Crippen molar-refractivity contribution in [1.29, 1.82) is 0 Å². The van der Waals surface area contributed by atoms with Crippen molar-refractivity contribution in [3.8, 4) is 0 Å². The second kappa shape index (κ2) is 14.6. The van der Waals surface area contributed by atoms with E-state index in [1.807, 2.05) is 21.9 Å². The largest absolute Gasteiger partial charge is 0.372 e. The SMILES string of the molecule is CCCCN(CCCC)c1ccc(N=Nc2nc3sc(C=C4CN(CCC)C(=O)N(CCC)C4)cc3s2)cc1. The number of urea groups is 1. The van der Waals surface area contributed by atoms with Crippen molar-refractivity contribution in [3.63, 3.8) is 0 Å². The first-order chi connectivity index (χ1) is 19.0. The number of unbranched alkanes of at least 4 members (excludes halogenated alkanes) is 2. The topological polar surface area (TPSA) is 64.4 Å². The van der Waals surface area contributed by atoms with Crippen molar-refractivity contribution in [2.75, 3.05) is 44.2 Å². The molecule has 1 aromatic carbocycles. The molecule has 0 spiro atoms. The Kier molecular flexibility index (Phi) is 10.9. The van der Waals surface area contributed by atoms with Gasteiger partial charge in [0, 0.05) is 49.8 Å². The molecular weight excluding hydrogens is 525 g/mol. The number of thiophene rings is 1. The molecule has 9 heteroatoms. The molecule has 2 amide bonds. The Morgan fingerprint density at radius 2 is 1.54 bits per heavy atom. The quantitative estimate of drug-likeness (QED) is 0.183. The molecule has 4 rings (SSSR count). The van der Waals surface area contributed by atoms with Gasteiger partial charge >= 0.3 is 6.03 Å². The summed E-state index contributed by atoms with van der Waals surface area (Å²) in [6, 6.07) is 10.7. The van der Waals surface area contributed by atoms with E-state index in [2.05, 4.69) is 67.1 Å². The van der Waals surface area contributed by atoms with Gasteiger partial charge in [0.2, 0.25) is 5.13 Å². The lowest BCUT2D eigenvalue weighted by molar-refractivity contribution is 0.146. The second-order valence-corrected chi connectivity index (χ2v) is 12.2. The molecule has 1 fully saturated rings. The average Bonchev–Trinajstić information content (AvgIpc) is 3.49. The van der Waals surface area contributed by atoms with E-state index in [4.69, 9.17) is 4.98 Å². The maximum absolute atomic E-state index is 12.7. The van der Waals surface area contributed by atoms with Crippen LogP contribution in [0.2, 0.25) is 0 Å². The standard InChI is InChI=1S/C30H42N6OS2/c1-5-9-17-34(18-10-6-2)25-13-11-24(12-14-25)32-33-29-31-28-27(39-29)20-26(38-28)19-23-21-35(15-7-3)30(37)36(22-23)16-8-4/h11-14,19-20H,5-10,15-18,21-22H2,1-4H3. The highest BCUT2D eigenvalue weighted by atomic mass is 32.1. The molecule has 0 aliphatic carbocycles. The van der Waals surface area contributed by atoms with Crippen LogP contribution in [0.4, 0.5) is 21.3 Å². The highest BCUT2D eigenvalue weighted by molar-refractivity contribution is 7.29. The fourth-order valence-corrected chi connectivity index (χ4v) is 6.84. The smallest absolute Gasteiger partial charge is 0.320 e. The lowest BCUT2D eigenvalue weighted by Gasteiger charge is -2.37. The lowest BCUT2D eigenvalue weighted by Crippen LogP contribution is -2.50. The van der Waals surface area contributed by atoms with Crippen LogP contribution in [0.15, 0.2) is 46.1 Å². The van der Waals surface area contributed by atoms with Crippen molar-refractivity contribution in [2.24, 2.45) is 10.2 Å². The van der Waals surface area contributed by atoms with Crippen LogP contribution in [0.3, 0.4) is 0 Å². The highest BCUT2D eigenvalue weighted by Crippen LogP contribution is 2.36. The minimum atomic E-state index is 0.166. The van der Waals surface area contributed by atoms with E-state index >= 15 is 0 Å². The summed E-state index contributed by atoms with van der Waals surface area (Å²) < 4.78 is 1.13. The van der Waals surface area contributed by atoms with Gasteiger partial charge in [0.1, 0.15) is 4.83 Å². The van der Waals surface area contributed by atoms with Gasteiger partial charge in [-0.05, 0) is 67.7 Å². The van der Waals surface area contributed by atoms with Crippen LogP contribution >= 0.6 is 22.7 Å². The third kappa shape index (κ3) is 7.88. The van der Waals surface area contributed by atoms with Gasteiger partial charge in [-0.3, -0.25) is 0 Å². The van der Waals surface area contributed by atoms with Gasteiger partial charge in [0.15, 0.2) is 0 Å². The van der Waals surface area contributed by atoms with Gasteiger partial charge in [-0.2, -0.15) is 0 Å². The molecule has 0 unspecified atom stereocenters. The fraction of sp³-hybridized carbons (Fsp3) is 0.533. The maximum atomic E-state index is 12.7. The first kappa shape index (κ1) is 29.2. The minimum Gasteiger partial charge on any atom is -0.372 e. The van der Waals surface area contributed by atoms with Gasteiger partial charge in [0.25, 0.3) is 0 Å². The molecule has 7 nitrogen and oxygen atoms in total. The maximum Gasteiger partial charge on any atom is 0.320 e. The van der Waals surface area contributed by atoms with Crippen LogP contribution < -0.4 is 4.90 Å². The van der Waals surface area contributed by atoms with Gasteiger partial charge in [-0.15, -0.1) is 21.6 Å². The molecular formula is C30H42N6OS2. The number of anilines is 1. The summed E-state index contributed by atoms with van der Waals surface area (Å²) in [5.41, 5.74) is 3.37. The monoisotopic (exact) mass is 566 g/mol. The third-order valence-electron chi connectivity index (χ3n) is 6.79. The predicted molar refractivity (Wildman–Crippen MR) is 167 cm³/mol. The molecule has 210 valence electrons. The van der Waals surface area contributed by atoms with Crippen LogP contribution in [0.1, 0.15) is 71.1 Å². The summed E-state index contributed by atoms with van der Waals surface area (Å²) >= 11 is 3.24. The normalized spacial score (nSPS) is 14.3. The van der Waals surface area contributed by atoms with Crippen LogP contribution in [0, 0.1) is 0 Å². The lowest BCUT2D eigenvalue weighted by atomic mass is 10.1. The Bertz CT molecular complexity index is 1200. The van der Waals surface area contributed by atoms with Gasteiger partial charge in [-0.25, -0.2) is 9.78 Å². The van der Waals surface area contributed by atoms with Crippen LogP contribution in [0.5, 0.6) is 0 Å². The number of rotatable bonds is 14. The highest BCUT2D eigenvalue weighted by Gasteiger charge is 2.27. The number of amides is 2. The summed E-state index contributed by atoms with van der Waals surface area (Å²) in [6.45, 7) is 13.9. The number of benzene rings is 1. The third-order valence-corrected chi connectivity index (χ3v) is 8.78. The fourth-order valence-electron chi connectivity index (χ4n) is 4.81. The Labute approximate surface area is 241 Å². The Hall–Kier alpha value is -2.78. The van der Waals surface area contributed by atoms with Crippen molar-refractivity contribution < 1.29 is 4.79 Å². The van der Waals surface area contributed by atoms with Crippen molar-refractivity contribution in [2.45, 2.75) is 66.2 Å². The predicted octanol–water partition coefficient (Wildman–Crippen LogP) is 9.12. The summed E-state index contributed by atoms with van der Waals surface area (Å²) in [5.74, 6) is 0. The first-order valence-corrected chi connectivity index (χ1v) is 16.1. The minimum absolute atomic E-state index is 0.166. The molecule has 1 saturated heterocycles. The number of hydrogen-bond acceptors (Lipinski definition) is 7. The van der Waals surface area contributed by atoms with Crippen molar-refractivity contribution in [3.05, 3.63) is 40.8 Å². The van der Waals surface area contributed by atoms with Crippen LogP contribution in [-0.4, -0.2) is 60.1 Å². The molecule has 3 aromatic rings. The van der Waals surface area contributed by atoms with E-state index in [0.29, 0.717) is 18.2 Å². The molecule has 39 heavy (non-hydrogen) atoms. The van der Waals surface area contributed by atoms with E-state index < -0.39 is 0 Å². The zero-order valence-corrected chi connectivity index (χ0v) is 25.5. The number of azo groups is 1. The molecule has 1 aliphatic rings. The number of carbonyl (C=O) groups is 1. The molecule has 0 N–H and O–H groups in total. The zero-order valence-electron chi connectivity index (χ0n) is 23.9. The van der Waals surface area contributed by atoms with E-state index in [1.165, 1.54) is 41.8 Å². The number of aromatic nitrogens is 1. The molecule has 0 saturated carbocycles. The van der Waals surface area contributed by atoms with Gasteiger partial charge < -0.3 is 14.7 Å². The van der Waals surface area contributed by atoms with E-state index in [0.717, 1.165) is 54.2 Å². The van der Waals surface area contributed by atoms with Gasteiger partial charge in [-0.1, -0.05) is 51.9 Å². The summed E-state index contributed by atoms with van der Waals surface area (Å²) in [6.07, 6.45) is 9.00. The summed E-state index contributed by atoms with van der Waals surface area (Å²) in [7, 11) is 0. The zero-order chi connectivity index (χ0) is 27.6. The number of carbonyl (C=O) groups excluding carboxylic acids is 1. The molecule has 2 aromatic heterocycles. The Morgan fingerprint density at radius 3 is 2.10 bits per heavy atom. The Morgan fingerprint density at radius 1 is 0.897 bits per heavy atom. The molecule has 1 aliphatic heterocycles. The number of fused-ring (bicyclic) bond motifs is 1. The average molecular weight is 567 g/mol. The first-order valence-electron chi connectivity index (χ1n) is 14.4. The number of thiazole rings is 1. The van der Waals surface area contributed by atoms with E-state index in [9.17, 15) is 4.79 Å². The summed E-state index contributed by atoms with van der Waals surface area (Å²) in [4.78, 5) is 26.0. The molecule has 0 bridgehead atoms. The summed E-state index contributed by atoms with van der Waals surface area (Å²) in [5, 5.41) is 9.57. The molecule has 3 heterocycles. The van der Waals surface area contributed by atoms with Crippen LogP contribution in [0.25, 0.3) is 15.6 Å². The number of nitrogens with zero attached hydrogens (tertiary/aromatic N) is 6. The second-order valence-electron chi connectivity index (χ2n) is 10.2. The van der Waals surface area contributed by atoms with Crippen molar-refractivity contribution >= 4 is 60.8 Å². The molecule has 0 atom stereocenters.